The van der Waals surface area contributed by atoms with E-state index in [-0.39, 0.29) is 34.4 Å². The molecule has 5 nitrogen and oxygen atoms in total. The highest BCUT2D eigenvalue weighted by atomic mass is 32.2. The number of amides is 1. The molecule has 2 N–H and O–H groups in total. The summed E-state index contributed by atoms with van der Waals surface area (Å²) in [7, 11) is -1.01. The lowest BCUT2D eigenvalue weighted by atomic mass is 9.43. The van der Waals surface area contributed by atoms with Crippen LogP contribution in [0.3, 0.4) is 0 Å². The average Bonchev–Trinajstić information content (AvgIpc) is 3.09. The second-order valence-electron chi connectivity index (χ2n) is 13.5. The molecule has 4 saturated carbocycles. The fourth-order valence-corrected chi connectivity index (χ4v) is 10.1. The van der Waals surface area contributed by atoms with Gasteiger partial charge in [-0.3, -0.25) is 9.35 Å². The quantitative estimate of drug-likeness (QED) is 0.329. The maximum Gasteiger partial charge on any atom is 0.266 e. The Balaban J connectivity index is 1.40. The molecule has 4 aliphatic rings. The summed E-state index contributed by atoms with van der Waals surface area (Å²) >= 11 is 0. The normalized spacial score (nSPS) is 46.3. The lowest BCUT2D eigenvalue weighted by Gasteiger charge is -2.63. The van der Waals surface area contributed by atoms with E-state index in [9.17, 15) is 13.2 Å². The first kappa shape index (κ1) is 27.8. The smallest absolute Gasteiger partial charge is 0.266 e. The van der Waals surface area contributed by atoms with Gasteiger partial charge in [0.15, 0.2) is 0 Å². The molecule has 8 heteroatoms. The monoisotopic (exact) mass is 531 g/mol. The van der Waals surface area contributed by atoms with Crippen LogP contribution in [0, 0.1) is 46.3 Å². The van der Waals surface area contributed by atoms with Gasteiger partial charge in [-0.25, -0.2) is 4.39 Å². The topological polar surface area (TPSA) is 83.5 Å². The average molecular weight is 532 g/mol. The summed E-state index contributed by atoms with van der Waals surface area (Å²) in [4.78, 5) is 12.2. The van der Waals surface area contributed by atoms with Crippen LogP contribution in [0.2, 0.25) is 0 Å². The number of hydrogen-bond acceptors (Lipinski definition) is 3. The SMILES string of the molecule is CC(CCC(=O)NCCS(=O)(=O)O)C1CCC2C3C(F)CC4CC(C)(P)CCC4(C)C3CCC12C. The van der Waals surface area contributed by atoms with Gasteiger partial charge in [-0.05, 0) is 109 Å². The highest BCUT2D eigenvalue weighted by Gasteiger charge is 2.63. The van der Waals surface area contributed by atoms with Crippen molar-refractivity contribution in [3.05, 3.63) is 0 Å². The highest BCUT2D eigenvalue weighted by molar-refractivity contribution is 7.85. The van der Waals surface area contributed by atoms with Crippen molar-refractivity contribution in [1.82, 2.24) is 5.32 Å². The Kier molecular flexibility index (Phi) is 7.78. The van der Waals surface area contributed by atoms with Gasteiger partial charge in [-0.1, -0.05) is 27.7 Å². The van der Waals surface area contributed by atoms with Crippen LogP contribution in [-0.4, -0.2) is 42.5 Å². The number of halogens is 1. The second kappa shape index (κ2) is 9.80. The molecule has 0 aliphatic heterocycles. The van der Waals surface area contributed by atoms with Crippen molar-refractivity contribution in [2.75, 3.05) is 12.3 Å². The molecule has 35 heavy (non-hydrogen) atoms. The molecule has 0 bridgehead atoms. The van der Waals surface area contributed by atoms with Crippen molar-refractivity contribution in [2.24, 2.45) is 46.3 Å². The molecule has 1 amide bonds. The summed E-state index contributed by atoms with van der Waals surface area (Å²) in [5.74, 6) is 1.86. The van der Waals surface area contributed by atoms with Crippen LogP contribution < -0.4 is 5.32 Å². The molecule has 202 valence electrons. The number of rotatable bonds is 7. The summed E-state index contributed by atoms with van der Waals surface area (Å²) in [5.41, 5.74) is 0.411. The minimum atomic E-state index is -4.06. The van der Waals surface area contributed by atoms with Gasteiger partial charge in [0.2, 0.25) is 5.91 Å². The summed E-state index contributed by atoms with van der Waals surface area (Å²) < 4.78 is 46.5. The van der Waals surface area contributed by atoms with Crippen LogP contribution >= 0.6 is 9.24 Å². The Morgan fingerprint density at radius 2 is 1.80 bits per heavy atom. The molecule has 0 aromatic rings. The number of fused-ring (bicyclic) bond motifs is 5. The third-order valence-corrected chi connectivity index (χ3v) is 12.5. The van der Waals surface area contributed by atoms with Crippen molar-refractivity contribution in [1.29, 1.82) is 0 Å². The molecule has 11 unspecified atom stereocenters. The van der Waals surface area contributed by atoms with Crippen LogP contribution in [0.15, 0.2) is 0 Å². The van der Waals surface area contributed by atoms with E-state index in [1.165, 1.54) is 19.3 Å². The maximum atomic E-state index is 16.0. The number of alkyl halides is 1. The molecule has 0 saturated heterocycles. The third kappa shape index (κ3) is 5.48. The molecule has 4 fully saturated rings. The summed E-state index contributed by atoms with van der Waals surface area (Å²) in [5, 5.41) is 2.86. The standard InChI is InChI=1S/C27H47FNO4PS/c1-17(5-8-23(30)29-13-14-35(31,32)33)19-6-7-20-24-21(9-10-27(19,20)4)26(3)12-11-25(2,34)16-18(26)15-22(24)28/h17-22,24H,5-16,34H2,1-4H3,(H,29,30)(H,31,32,33). The highest BCUT2D eigenvalue weighted by Crippen LogP contribution is 2.69. The molecule has 0 spiro atoms. The van der Waals surface area contributed by atoms with E-state index >= 15 is 4.39 Å². The Morgan fingerprint density at radius 1 is 1.11 bits per heavy atom. The molecule has 4 rings (SSSR count). The number of carbonyl (C=O) groups is 1. The van der Waals surface area contributed by atoms with Gasteiger partial charge in [0.25, 0.3) is 10.1 Å². The van der Waals surface area contributed by atoms with Crippen LogP contribution in [0.1, 0.15) is 91.9 Å². The molecule has 0 heterocycles. The van der Waals surface area contributed by atoms with Crippen molar-refractivity contribution < 1.29 is 22.2 Å². The maximum absolute atomic E-state index is 16.0. The molecular formula is C27H47FNO4PS. The molecule has 4 aliphatic carbocycles. The molecule has 0 aromatic carbocycles. The van der Waals surface area contributed by atoms with E-state index in [0.29, 0.717) is 36.0 Å². The minimum absolute atomic E-state index is 0.0636. The van der Waals surface area contributed by atoms with Gasteiger partial charge < -0.3 is 5.32 Å². The van der Waals surface area contributed by atoms with Gasteiger partial charge in [-0.2, -0.15) is 8.42 Å². The van der Waals surface area contributed by atoms with Gasteiger partial charge >= 0.3 is 0 Å². The first-order chi connectivity index (χ1) is 16.2. The van der Waals surface area contributed by atoms with Crippen molar-refractivity contribution in [3.8, 4) is 0 Å². The lowest BCUT2D eigenvalue weighted by molar-refractivity contribution is -0.148. The van der Waals surface area contributed by atoms with E-state index < -0.39 is 22.0 Å². The molecular weight excluding hydrogens is 484 g/mol. The number of carbonyl (C=O) groups excluding carboxylic acids is 1. The van der Waals surface area contributed by atoms with Crippen LogP contribution in [0.25, 0.3) is 0 Å². The summed E-state index contributed by atoms with van der Waals surface area (Å²) in [6, 6.07) is 0. The molecule has 11 atom stereocenters. The van der Waals surface area contributed by atoms with Crippen molar-refractivity contribution in [2.45, 2.75) is 103 Å². The zero-order valence-electron chi connectivity index (χ0n) is 22.1. The van der Waals surface area contributed by atoms with Gasteiger partial charge in [0, 0.05) is 13.0 Å². The Hall–Kier alpha value is -0.260. The largest absolute Gasteiger partial charge is 0.355 e. The first-order valence-corrected chi connectivity index (χ1v) is 16.0. The predicted octanol–water partition coefficient (Wildman–Crippen LogP) is 5.65. The van der Waals surface area contributed by atoms with Crippen molar-refractivity contribution in [3.63, 3.8) is 0 Å². The Labute approximate surface area is 214 Å². The fraction of sp³-hybridized carbons (Fsp3) is 0.963. The number of nitrogens with one attached hydrogen (secondary N) is 1. The van der Waals surface area contributed by atoms with E-state index in [2.05, 4.69) is 42.3 Å². The lowest BCUT2D eigenvalue weighted by Crippen LogP contribution is -2.58. The third-order valence-electron chi connectivity index (χ3n) is 11.3. The van der Waals surface area contributed by atoms with Gasteiger partial charge in [0.05, 0.1) is 5.75 Å². The summed E-state index contributed by atoms with van der Waals surface area (Å²) in [6.45, 7) is 9.40. The fourth-order valence-electron chi connectivity index (χ4n) is 9.34. The zero-order valence-corrected chi connectivity index (χ0v) is 24.0. The zero-order chi connectivity index (χ0) is 25.8. The summed E-state index contributed by atoms with van der Waals surface area (Å²) in [6.07, 6.45) is 9.26. The van der Waals surface area contributed by atoms with E-state index in [0.717, 1.165) is 38.5 Å². The van der Waals surface area contributed by atoms with Gasteiger partial charge in [-0.15, -0.1) is 9.24 Å². The predicted molar refractivity (Wildman–Crippen MR) is 141 cm³/mol. The van der Waals surface area contributed by atoms with Crippen molar-refractivity contribution >= 4 is 25.3 Å². The van der Waals surface area contributed by atoms with E-state index in [1.807, 2.05) is 0 Å². The van der Waals surface area contributed by atoms with Gasteiger partial charge in [0.1, 0.15) is 6.17 Å². The van der Waals surface area contributed by atoms with E-state index in [4.69, 9.17) is 4.55 Å². The molecule has 0 aromatic heterocycles. The van der Waals surface area contributed by atoms with Crippen LogP contribution in [-0.2, 0) is 14.9 Å². The number of hydrogen-bond donors (Lipinski definition) is 2. The minimum Gasteiger partial charge on any atom is -0.355 e. The Morgan fingerprint density at radius 3 is 2.49 bits per heavy atom. The van der Waals surface area contributed by atoms with Crippen LogP contribution in [0.4, 0.5) is 4.39 Å². The van der Waals surface area contributed by atoms with E-state index in [1.54, 1.807) is 0 Å². The molecule has 0 radical (unpaired) electrons. The first-order valence-electron chi connectivity index (χ1n) is 13.8. The van der Waals surface area contributed by atoms with Crippen LogP contribution in [0.5, 0.6) is 0 Å². The Bertz CT molecular complexity index is 913. The second-order valence-corrected chi connectivity index (χ2v) is 16.4.